The molecule has 5 rings (SSSR count). The number of likely N-dealkylation sites (tertiary alicyclic amines) is 1. The monoisotopic (exact) mass is 404 g/mol. The predicted octanol–water partition coefficient (Wildman–Crippen LogP) is 1.42. The summed E-state index contributed by atoms with van der Waals surface area (Å²) in [5.74, 6) is 0.976. The van der Waals surface area contributed by atoms with Crippen molar-refractivity contribution < 1.29 is 5.11 Å². The van der Waals surface area contributed by atoms with E-state index in [1.807, 2.05) is 12.1 Å². The third-order valence-corrected chi connectivity index (χ3v) is 6.51. The Morgan fingerprint density at radius 3 is 2.73 bits per heavy atom. The minimum Gasteiger partial charge on any atom is -0.385 e. The molecule has 2 aliphatic rings. The van der Waals surface area contributed by atoms with Crippen LogP contribution in [0.5, 0.6) is 0 Å². The van der Waals surface area contributed by atoms with Crippen molar-refractivity contribution in [1.82, 2.24) is 29.7 Å². The lowest BCUT2D eigenvalue weighted by Crippen LogP contribution is -2.43. The molecule has 0 amide bonds. The lowest BCUT2D eigenvalue weighted by atomic mass is 9.77. The number of nitriles is 1. The predicted molar refractivity (Wildman–Crippen MR) is 110 cm³/mol. The van der Waals surface area contributed by atoms with E-state index in [1.54, 1.807) is 23.0 Å². The molecule has 154 valence electrons. The summed E-state index contributed by atoms with van der Waals surface area (Å²) in [5, 5.41) is 32.0. The Bertz CT molecular complexity index is 1060. The average molecular weight is 404 g/mol. The summed E-state index contributed by atoms with van der Waals surface area (Å²) in [6.07, 6.45) is 5.92. The molecule has 2 fully saturated rings. The topological polar surface area (TPSA) is 106 Å². The van der Waals surface area contributed by atoms with Crippen LogP contribution < -0.4 is 4.90 Å². The number of β-amino-alcohol motifs (C(OH)–C–C–N with tert-alkyl or cyclic N) is 1. The number of anilines is 1. The van der Waals surface area contributed by atoms with Crippen LogP contribution in [-0.2, 0) is 0 Å². The summed E-state index contributed by atoms with van der Waals surface area (Å²) in [4.78, 5) is 8.91. The summed E-state index contributed by atoms with van der Waals surface area (Å²) in [7, 11) is 0. The molecule has 0 aromatic carbocycles. The van der Waals surface area contributed by atoms with Gasteiger partial charge in [0.15, 0.2) is 5.65 Å². The van der Waals surface area contributed by atoms with Gasteiger partial charge >= 0.3 is 0 Å². The van der Waals surface area contributed by atoms with Gasteiger partial charge in [0.25, 0.3) is 0 Å². The van der Waals surface area contributed by atoms with Crippen molar-refractivity contribution in [2.45, 2.75) is 25.4 Å². The van der Waals surface area contributed by atoms with Crippen LogP contribution in [-0.4, -0.2) is 67.5 Å². The summed E-state index contributed by atoms with van der Waals surface area (Å²) in [6.45, 7) is 4.54. The lowest BCUT2D eigenvalue weighted by molar-refractivity contribution is 0.0634. The van der Waals surface area contributed by atoms with Crippen molar-refractivity contribution in [3.05, 3.63) is 48.0 Å². The molecule has 0 aliphatic carbocycles. The van der Waals surface area contributed by atoms with Crippen molar-refractivity contribution in [3.8, 4) is 6.07 Å². The standard InChI is InChI=1S/C21H24N8O/c22-11-16-1-2-17(23-12-16)18(30)13-27-8-5-21(6-9-27)7-10-28(14-21)20-4-3-19-25-24-15-29(19)26-20/h1-4,12,15,18,30H,5-10,13-14H2. The molecular formula is C21H24N8O. The van der Waals surface area contributed by atoms with Gasteiger partial charge in [0.1, 0.15) is 24.3 Å². The highest BCUT2D eigenvalue weighted by atomic mass is 16.3. The molecule has 9 heteroatoms. The van der Waals surface area contributed by atoms with Crippen LogP contribution in [0.4, 0.5) is 5.82 Å². The van der Waals surface area contributed by atoms with E-state index in [0.717, 1.165) is 50.5 Å². The number of hydrogen-bond donors (Lipinski definition) is 1. The molecule has 5 heterocycles. The number of piperidine rings is 1. The molecule has 1 N–H and O–H groups in total. The molecule has 2 aliphatic heterocycles. The molecule has 1 unspecified atom stereocenters. The summed E-state index contributed by atoms with van der Waals surface area (Å²) in [6, 6.07) is 9.48. The number of aliphatic hydroxyl groups excluding tert-OH is 1. The van der Waals surface area contributed by atoms with Gasteiger partial charge in [0.2, 0.25) is 0 Å². The normalized spacial score (nSPS) is 19.9. The number of hydrogen-bond acceptors (Lipinski definition) is 8. The number of rotatable bonds is 4. The Balaban J connectivity index is 1.18. The Hall–Kier alpha value is -3.09. The largest absolute Gasteiger partial charge is 0.385 e. The molecule has 3 aromatic rings. The smallest absolute Gasteiger partial charge is 0.177 e. The maximum Gasteiger partial charge on any atom is 0.177 e. The van der Waals surface area contributed by atoms with Gasteiger partial charge in [0, 0.05) is 25.8 Å². The highest BCUT2D eigenvalue weighted by Gasteiger charge is 2.41. The number of aliphatic hydroxyl groups is 1. The van der Waals surface area contributed by atoms with Crippen molar-refractivity contribution in [2.75, 3.05) is 37.6 Å². The van der Waals surface area contributed by atoms with Gasteiger partial charge in [0.05, 0.1) is 11.3 Å². The fourth-order valence-electron chi connectivity index (χ4n) is 4.64. The maximum absolute atomic E-state index is 10.5. The first-order valence-corrected chi connectivity index (χ1v) is 10.3. The van der Waals surface area contributed by atoms with E-state index in [1.165, 1.54) is 12.6 Å². The summed E-state index contributed by atoms with van der Waals surface area (Å²) < 4.78 is 1.72. The summed E-state index contributed by atoms with van der Waals surface area (Å²) >= 11 is 0. The molecule has 0 saturated carbocycles. The molecule has 2 saturated heterocycles. The van der Waals surface area contributed by atoms with Gasteiger partial charge in [-0.1, -0.05) is 0 Å². The van der Waals surface area contributed by atoms with Gasteiger partial charge in [-0.25, -0.2) is 0 Å². The van der Waals surface area contributed by atoms with Crippen molar-refractivity contribution in [3.63, 3.8) is 0 Å². The zero-order valence-electron chi connectivity index (χ0n) is 16.7. The minimum atomic E-state index is -0.633. The van der Waals surface area contributed by atoms with Gasteiger partial charge in [-0.3, -0.25) is 4.98 Å². The van der Waals surface area contributed by atoms with Crippen molar-refractivity contribution in [1.29, 1.82) is 5.26 Å². The SMILES string of the molecule is N#Cc1ccc(C(O)CN2CCC3(CC2)CCN(c2ccc4nncn4n2)C3)nc1. The molecular weight excluding hydrogens is 380 g/mol. The van der Waals surface area contributed by atoms with E-state index in [9.17, 15) is 5.11 Å². The van der Waals surface area contributed by atoms with Crippen molar-refractivity contribution >= 4 is 11.5 Å². The van der Waals surface area contributed by atoms with Crippen molar-refractivity contribution in [2.24, 2.45) is 5.41 Å². The summed E-state index contributed by atoms with van der Waals surface area (Å²) in [5.41, 5.74) is 2.21. The number of aromatic nitrogens is 5. The molecule has 1 spiro atoms. The zero-order valence-corrected chi connectivity index (χ0v) is 16.7. The first-order valence-electron chi connectivity index (χ1n) is 10.3. The third kappa shape index (κ3) is 3.60. The van der Waals surface area contributed by atoms with Crippen LogP contribution in [0.3, 0.4) is 0 Å². The second kappa shape index (κ2) is 7.63. The molecule has 9 nitrogen and oxygen atoms in total. The van der Waals surface area contributed by atoms with Crippen LogP contribution in [0.1, 0.15) is 36.6 Å². The Labute approximate surface area is 174 Å². The average Bonchev–Trinajstić information content (AvgIpc) is 3.42. The van der Waals surface area contributed by atoms with E-state index in [4.69, 9.17) is 5.26 Å². The number of nitrogens with zero attached hydrogens (tertiary/aromatic N) is 8. The van der Waals surface area contributed by atoms with E-state index < -0.39 is 6.10 Å². The fourth-order valence-corrected chi connectivity index (χ4v) is 4.64. The van der Waals surface area contributed by atoms with E-state index in [-0.39, 0.29) is 0 Å². The molecule has 0 radical (unpaired) electrons. The zero-order chi connectivity index (χ0) is 20.6. The van der Waals surface area contributed by atoms with Gasteiger partial charge < -0.3 is 14.9 Å². The molecule has 1 atom stereocenters. The Morgan fingerprint density at radius 2 is 1.97 bits per heavy atom. The second-order valence-electron chi connectivity index (χ2n) is 8.40. The van der Waals surface area contributed by atoms with Gasteiger partial charge in [-0.15, -0.1) is 15.3 Å². The molecule has 30 heavy (non-hydrogen) atoms. The first kappa shape index (κ1) is 18.9. The van der Waals surface area contributed by atoms with Crippen LogP contribution in [0.2, 0.25) is 0 Å². The first-order chi connectivity index (χ1) is 14.6. The third-order valence-electron chi connectivity index (χ3n) is 6.51. The van der Waals surface area contributed by atoms with E-state index in [2.05, 4.69) is 36.1 Å². The number of fused-ring (bicyclic) bond motifs is 1. The Morgan fingerprint density at radius 1 is 1.13 bits per heavy atom. The van der Waals surface area contributed by atoms with Crippen LogP contribution >= 0.6 is 0 Å². The molecule has 3 aromatic heterocycles. The van der Waals surface area contributed by atoms with Crippen LogP contribution in [0.15, 0.2) is 36.8 Å². The second-order valence-corrected chi connectivity index (χ2v) is 8.40. The highest BCUT2D eigenvalue weighted by Crippen LogP contribution is 2.41. The Kier molecular flexibility index (Phi) is 4.81. The van der Waals surface area contributed by atoms with Gasteiger partial charge in [-0.2, -0.15) is 9.78 Å². The minimum absolute atomic E-state index is 0.317. The lowest BCUT2D eigenvalue weighted by Gasteiger charge is -2.39. The maximum atomic E-state index is 10.5. The van der Waals surface area contributed by atoms with Gasteiger partial charge in [-0.05, 0) is 62.0 Å². The highest BCUT2D eigenvalue weighted by molar-refractivity contribution is 5.46. The van der Waals surface area contributed by atoms with E-state index in [0.29, 0.717) is 23.2 Å². The fraction of sp³-hybridized carbons (Fsp3) is 0.476. The van der Waals surface area contributed by atoms with Crippen LogP contribution in [0.25, 0.3) is 5.65 Å². The number of pyridine rings is 1. The van der Waals surface area contributed by atoms with E-state index >= 15 is 0 Å². The molecule has 0 bridgehead atoms. The van der Waals surface area contributed by atoms with Crippen LogP contribution in [0, 0.1) is 16.7 Å². The quantitative estimate of drug-likeness (QED) is 0.696.